The summed E-state index contributed by atoms with van der Waals surface area (Å²) in [5.74, 6) is 0.519. The van der Waals surface area contributed by atoms with E-state index in [0.717, 1.165) is 19.3 Å². The number of methoxy groups -OCH3 is 1. The molecule has 0 saturated carbocycles. The van der Waals surface area contributed by atoms with Crippen molar-refractivity contribution >= 4 is 11.6 Å². The number of likely N-dealkylation sites (tertiary alicyclic amines) is 1. The molecule has 0 radical (unpaired) electrons. The molecule has 1 heterocycles. The molecule has 5 nitrogen and oxygen atoms in total. The van der Waals surface area contributed by atoms with Crippen molar-refractivity contribution in [1.29, 1.82) is 0 Å². The van der Waals surface area contributed by atoms with Crippen LogP contribution in [0.25, 0.3) is 0 Å². The van der Waals surface area contributed by atoms with Crippen LogP contribution >= 0.6 is 0 Å². The topological polar surface area (TPSA) is 75.8 Å². The minimum Gasteiger partial charge on any atom is -0.497 e. The number of rotatable bonds is 3. The average molecular weight is 264 g/mol. The lowest BCUT2D eigenvalue weighted by atomic mass is 10.0. The van der Waals surface area contributed by atoms with Crippen molar-refractivity contribution in [1.82, 2.24) is 4.90 Å². The molecular formula is C14H20N2O3. The van der Waals surface area contributed by atoms with Gasteiger partial charge in [-0.2, -0.15) is 0 Å². The van der Waals surface area contributed by atoms with E-state index >= 15 is 0 Å². The van der Waals surface area contributed by atoms with E-state index in [1.165, 1.54) is 0 Å². The van der Waals surface area contributed by atoms with Gasteiger partial charge in [-0.3, -0.25) is 4.79 Å². The number of hydrogen-bond donors (Lipinski definition) is 2. The van der Waals surface area contributed by atoms with Gasteiger partial charge in [0.05, 0.1) is 25.3 Å². The van der Waals surface area contributed by atoms with E-state index in [9.17, 15) is 9.90 Å². The van der Waals surface area contributed by atoms with Gasteiger partial charge in [-0.05, 0) is 31.4 Å². The van der Waals surface area contributed by atoms with Crippen LogP contribution in [0.4, 0.5) is 5.69 Å². The number of hydrogen-bond acceptors (Lipinski definition) is 4. The maximum Gasteiger partial charge on any atom is 0.256 e. The number of piperidine rings is 1. The van der Waals surface area contributed by atoms with Crippen molar-refractivity contribution in [3.63, 3.8) is 0 Å². The Hall–Kier alpha value is -1.75. The van der Waals surface area contributed by atoms with Gasteiger partial charge < -0.3 is 20.5 Å². The number of benzene rings is 1. The zero-order valence-electron chi connectivity index (χ0n) is 11.1. The molecule has 5 heteroatoms. The second-order valence-corrected chi connectivity index (χ2v) is 4.78. The van der Waals surface area contributed by atoms with Crippen LogP contribution in [-0.2, 0) is 0 Å². The molecule has 1 unspecified atom stereocenters. The van der Waals surface area contributed by atoms with Gasteiger partial charge >= 0.3 is 0 Å². The second-order valence-electron chi connectivity index (χ2n) is 4.78. The summed E-state index contributed by atoms with van der Waals surface area (Å²) in [7, 11) is 1.56. The van der Waals surface area contributed by atoms with E-state index in [1.807, 2.05) is 0 Å². The summed E-state index contributed by atoms with van der Waals surface area (Å²) in [6, 6.07) is 4.95. The fraction of sp³-hybridized carbons (Fsp3) is 0.500. The zero-order valence-corrected chi connectivity index (χ0v) is 11.1. The first-order chi connectivity index (χ1) is 9.17. The average Bonchev–Trinajstić information content (AvgIpc) is 2.46. The lowest BCUT2D eigenvalue weighted by Crippen LogP contribution is -2.45. The first-order valence-electron chi connectivity index (χ1n) is 6.52. The van der Waals surface area contributed by atoms with Gasteiger partial charge in [0, 0.05) is 18.3 Å². The molecule has 2 rings (SSSR count). The first kappa shape index (κ1) is 13.7. The number of nitrogens with zero attached hydrogens (tertiary/aromatic N) is 1. The molecule has 1 aliphatic rings. The van der Waals surface area contributed by atoms with E-state index < -0.39 is 0 Å². The predicted octanol–water partition coefficient (Wildman–Crippen LogP) is 1.26. The van der Waals surface area contributed by atoms with E-state index in [1.54, 1.807) is 30.2 Å². The fourth-order valence-electron chi connectivity index (χ4n) is 2.47. The maximum absolute atomic E-state index is 12.5. The Morgan fingerprint density at radius 3 is 2.95 bits per heavy atom. The molecule has 0 spiro atoms. The minimum absolute atomic E-state index is 0.00179. The van der Waals surface area contributed by atoms with Crippen LogP contribution in [0.2, 0.25) is 0 Å². The van der Waals surface area contributed by atoms with Crippen molar-refractivity contribution in [2.75, 3.05) is 26.0 Å². The van der Waals surface area contributed by atoms with E-state index in [2.05, 4.69) is 0 Å². The number of nitrogen functional groups attached to an aromatic ring is 1. The zero-order chi connectivity index (χ0) is 13.8. The molecule has 1 fully saturated rings. The number of ether oxygens (including phenoxy) is 1. The largest absolute Gasteiger partial charge is 0.497 e. The standard InChI is InChI=1S/C14H20N2O3/c1-19-11-5-6-12(13(15)8-11)14(18)16-7-3-2-4-10(16)9-17/h5-6,8,10,17H,2-4,7,9,15H2,1H3. The van der Waals surface area contributed by atoms with E-state index in [0.29, 0.717) is 23.5 Å². The van der Waals surface area contributed by atoms with Crippen molar-refractivity contribution in [2.24, 2.45) is 0 Å². The summed E-state index contributed by atoms with van der Waals surface area (Å²) in [5.41, 5.74) is 6.78. The molecule has 104 valence electrons. The van der Waals surface area contributed by atoms with Gasteiger partial charge in [-0.25, -0.2) is 0 Å². The van der Waals surface area contributed by atoms with Crippen molar-refractivity contribution in [3.8, 4) is 5.75 Å². The highest BCUT2D eigenvalue weighted by Crippen LogP contribution is 2.24. The molecule has 3 N–H and O–H groups in total. The highest BCUT2D eigenvalue weighted by molar-refractivity contribution is 5.99. The Balaban J connectivity index is 2.23. The highest BCUT2D eigenvalue weighted by atomic mass is 16.5. The van der Waals surface area contributed by atoms with Crippen molar-refractivity contribution in [3.05, 3.63) is 23.8 Å². The molecule has 1 aliphatic heterocycles. The molecule has 1 atom stereocenters. The molecular weight excluding hydrogens is 244 g/mol. The summed E-state index contributed by atoms with van der Waals surface area (Å²) < 4.78 is 5.07. The van der Waals surface area contributed by atoms with Crippen LogP contribution in [0.3, 0.4) is 0 Å². The van der Waals surface area contributed by atoms with Crippen LogP contribution < -0.4 is 10.5 Å². The molecule has 0 aliphatic carbocycles. The third kappa shape index (κ3) is 2.81. The summed E-state index contributed by atoms with van der Waals surface area (Å²) in [4.78, 5) is 14.2. The molecule has 1 amide bonds. The lowest BCUT2D eigenvalue weighted by Gasteiger charge is -2.34. The molecule has 0 bridgehead atoms. The predicted molar refractivity (Wildman–Crippen MR) is 73.2 cm³/mol. The summed E-state index contributed by atoms with van der Waals surface area (Å²) in [5, 5.41) is 9.36. The molecule has 0 aromatic heterocycles. The second kappa shape index (κ2) is 5.93. The Kier molecular flexibility index (Phi) is 4.27. The normalized spacial score (nSPS) is 19.3. The van der Waals surface area contributed by atoms with Crippen LogP contribution in [0, 0.1) is 0 Å². The Bertz CT molecular complexity index is 462. The van der Waals surface area contributed by atoms with Gasteiger partial charge in [0.25, 0.3) is 5.91 Å². The van der Waals surface area contributed by atoms with Crippen LogP contribution in [0.1, 0.15) is 29.6 Å². The fourth-order valence-corrected chi connectivity index (χ4v) is 2.47. The quantitative estimate of drug-likeness (QED) is 0.806. The first-order valence-corrected chi connectivity index (χ1v) is 6.52. The van der Waals surface area contributed by atoms with E-state index in [-0.39, 0.29) is 18.6 Å². The SMILES string of the molecule is COc1ccc(C(=O)N2CCCCC2CO)c(N)c1. The summed E-state index contributed by atoms with van der Waals surface area (Å²) in [6.07, 6.45) is 2.86. The van der Waals surface area contributed by atoms with Crippen molar-refractivity contribution in [2.45, 2.75) is 25.3 Å². The number of carbonyl (C=O) groups is 1. The molecule has 1 aromatic carbocycles. The number of nitrogens with two attached hydrogens (primary N) is 1. The molecule has 1 saturated heterocycles. The van der Waals surface area contributed by atoms with Crippen molar-refractivity contribution < 1.29 is 14.6 Å². The van der Waals surface area contributed by atoms with Gasteiger partial charge in [0.2, 0.25) is 0 Å². The van der Waals surface area contributed by atoms with Gasteiger partial charge in [0.15, 0.2) is 0 Å². The third-order valence-corrected chi connectivity index (χ3v) is 3.59. The van der Waals surface area contributed by atoms with Crippen LogP contribution in [0.5, 0.6) is 5.75 Å². The Labute approximate surface area is 113 Å². The number of amides is 1. The van der Waals surface area contributed by atoms with Crippen LogP contribution in [0.15, 0.2) is 18.2 Å². The minimum atomic E-state index is -0.112. The lowest BCUT2D eigenvalue weighted by molar-refractivity contribution is 0.0504. The smallest absolute Gasteiger partial charge is 0.256 e. The number of aliphatic hydroxyl groups excluding tert-OH is 1. The summed E-state index contributed by atoms with van der Waals surface area (Å²) in [6.45, 7) is 0.678. The summed E-state index contributed by atoms with van der Waals surface area (Å²) >= 11 is 0. The highest BCUT2D eigenvalue weighted by Gasteiger charge is 2.27. The van der Waals surface area contributed by atoms with Crippen LogP contribution in [-0.4, -0.2) is 42.2 Å². The molecule has 1 aromatic rings. The molecule has 19 heavy (non-hydrogen) atoms. The Morgan fingerprint density at radius 2 is 2.32 bits per heavy atom. The monoisotopic (exact) mass is 264 g/mol. The number of aliphatic hydroxyl groups is 1. The van der Waals surface area contributed by atoms with Gasteiger partial charge in [-0.1, -0.05) is 0 Å². The number of carbonyl (C=O) groups excluding carboxylic acids is 1. The third-order valence-electron chi connectivity index (χ3n) is 3.59. The Morgan fingerprint density at radius 1 is 1.53 bits per heavy atom. The van der Waals surface area contributed by atoms with Gasteiger partial charge in [0.1, 0.15) is 5.75 Å². The number of anilines is 1. The van der Waals surface area contributed by atoms with Gasteiger partial charge in [-0.15, -0.1) is 0 Å². The van der Waals surface area contributed by atoms with E-state index in [4.69, 9.17) is 10.5 Å². The maximum atomic E-state index is 12.5.